The maximum absolute atomic E-state index is 12.5. The number of ether oxygens (including phenoxy) is 1. The van der Waals surface area contributed by atoms with Gasteiger partial charge in [0.15, 0.2) is 5.78 Å². The topological polar surface area (TPSA) is 75.7 Å². The molecule has 0 spiro atoms. The van der Waals surface area contributed by atoms with Crippen LogP contribution >= 0.6 is 0 Å². The Morgan fingerprint density at radius 1 is 1.27 bits per heavy atom. The molecule has 1 heterocycles. The second kappa shape index (κ2) is 8.83. The van der Waals surface area contributed by atoms with E-state index in [1.54, 1.807) is 6.92 Å². The first-order valence-electron chi connectivity index (χ1n) is 9.15. The lowest BCUT2D eigenvalue weighted by Gasteiger charge is -2.34. The van der Waals surface area contributed by atoms with Gasteiger partial charge in [-0.25, -0.2) is 0 Å². The molecule has 0 bridgehead atoms. The van der Waals surface area contributed by atoms with Gasteiger partial charge in [-0.05, 0) is 37.8 Å². The SMILES string of the molecule is CCOC(=O)[C@@H]1CCN(CC(=O)N[C@H](C(C)=O)C(C)C)c2ccccc21. The molecule has 0 aliphatic carbocycles. The third kappa shape index (κ3) is 4.62. The van der Waals surface area contributed by atoms with Gasteiger partial charge in [-0.2, -0.15) is 0 Å². The van der Waals surface area contributed by atoms with Crippen LogP contribution in [0.15, 0.2) is 24.3 Å². The van der Waals surface area contributed by atoms with Crippen molar-refractivity contribution in [1.82, 2.24) is 5.32 Å². The normalized spacial score (nSPS) is 17.4. The molecule has 0 radical (unpaired) electrons. The average molecular weight is 360 g/mol. The number of anilines is 1. The molecule has 6 heteroatoms. The number of fused-ring (bicyclic) bond motifs is 1. The van der Waals surface area contributed by atoms with Crippen LogP contribution in [0.4, 0.5) is 5.69 Å². The van der Waals surface area contributed by atoms with Crippen LogP contribution in [-0.4, -0.2) is 43.4 Å². The highest BCUT2D eigenvalue weighted by molar-refractivity contribution is 5.90. The molecular formula is C20H28N2O4. The summed E-state index contributed by atoms with van der Waals surface area (Å²) < 4.78 is 5.19. The molecule has 1 aromatic rings. The van der Waals surface area contributed by atoms with E-state index in [2.05, 4.69) is 5.32 Å². The van der Waals surface area contributed by atoms with Crippen molar-refractivity contribution in [1.29, 1.82) is 0 Å². The Morgan fingerprint density at radius 3 is 2.58 bits per heavy atom. The minimum absolute atomic E-state index is 0.0401. The Morgan fingerprint density at radius 2 is 1.96 bits per heavy atom. The molecule has 142 valence electrons. The third-order valence-corrected chi connectivity index (χ3v) is 4.67. The summed E-state index contributed by atoms with van der Waals surface area (Å²) in [5.41, 5.74) is 1.76. The van der Waals surface area contributed by atoms with Gasteiger partial charge in [0.1, 0.15) is 0 Å². The van der Waals surface area contributed by atoms with E-state index >= 15 is 0 Å². The Labute approximate surface area is 154 Å². The summed E-state index contributed by atoms with van der Waals surface area (Å²) in [5, 5.41) is 2.83. The van der Waals surface area contributed by atoms with Gasteiger partial charge in [-0.3, -0.25) is 14.4 Å². The van der Waals surface area contributed by atoms with E-state index in [-0.39, 0.29) is 36.0 Å². The van der Waals surface area contributed by atoms with E-state index in [4.69, 9.17) is 4.74 Å². The van der Waals surface area contributed by atoms with Crippen LogP contribution < -0.4 is 10.2 Å². The van der Waals surface area contributed by atoms with Gasteiger partial charge in [0.25, 0.3) is 0 Å². The second-order valence-electron chi connectivity index (χ2n) is 6.97. The predicted octanol–water partition coefficient (Wildman–Crippen LogP) is 2.27. The lowest BCUT2D eigenvalue weighted by Crippen LogP contribution is -2.48. The van der Waals surface area contributed by atoms with Crippen LogP contribution in [-0.2, 0) is 19.1 Å². The number of esters is 1. The van der Waals surface area contributed by atoms with Gasteiger partial charge in [-0.15, -0.1) is 0 Å². The molecule has 26 heavy (non-hydrogen) atoms. The van der Waals surface area contributed by atoms with Gasteiger partial charge < -0.3 is 15.0 Å². The van der Waals surface area contributed by atoms with Crippen LogP contribution in [0.1, 0.15) is 45.6 Å². The molecular weight excluding hydrogens is 332 g/mol. The molecule has 6 nitrogen and oxygen atoms in total. The third-order valence-electron chi connectivity index (χ3n) is 4.67. The number of nitrogens with one attached hydrogen (secondary N) is 1. The van der Waals surface area contributed by atoms with Gasteiger partial charge in [0.05, 0.1) is 25.1 Å². The molecule has 0 fully saturated rings. The predicted molar refractivity (Wildman–Crippen MR) is 100 cm³/mol. The first-order chi connectivity index (χ1) is 12.3. The Bertz CT molecular complexity index is 672. The maximum atomic E-state index is 12.5. The molecule has 2 rings (SSSR count). The van der Waals surface area contributed by atoms with Crippen molar-refractivity contribution in [2.45, 2.75) is 46.1 Å². The summed E-state index contributed by atoms with van der Waals surface area (Å²) in [4.78, 5) is 38.4. The van der Waals surface area contributed by atoms with Crippen LogP contribution in [0.3, 0.4) is 0 Å². The van der Waals surface area contributed by atoms with Gasteiger partial charge in [0, 0.05) is 12.2 Å². The number of hydrogen-bond donors (Lipinski definition) is 1. The van der Waals surface area contributed by atoms with Crippen molar-refractivity contribution >= 4 is 23.3 Å². The molecule has 2 atom stereocenters. The van der Waals surface area contributed by atoms with Crippen LogP contribution in [0.25, 0.3) is 0 Å². The monoisotopic (exact) mass is 360 g/mol. The maximum Gasteiger partial charge on any atom is 0.313 e. The van der Waals surface area contributed by atoms with Crippen molar-refractivity contribution < 1.29 is 19.1 Å². The number of benzene rings is 1. The molecule has 1 aliphatic rings. The number of carbonyl (C=O) groups excluding carboxylic acids is 3. The van der Waals surface area contributed by atoms with Crippen LogP contribution in [0.2, 0.25) is 0 Å². The highest BCUT2D eigenvalue weighted by atomic mass is 16.5. The summed E-state index contributed by atoms with van der Waals surface area (Å²) in [5.74, 6) is -0.719. The highest BCUT2D eigenvalue weighted by Crippen LogP contribution is 2.35. The number of hydrogen-bond acceptors (Lipinski definition) is 5. The zero-order valence-corrected chi connectivity index (χ0v) is 16.0. The number of amides is 1. The summed E-state index contributed by atoms with van der Waals surface area (Å²) >= 11 is 0. The molecule has 1 amide bonds. The zero-order valence-electron chi connectivity index (χ0n) is 16.0. The fourth-order valence-corrected chi connectivity index (χ4v) is 3.41. The van der Waals surface area contributed by atoms with Crippen molar-refractivity contribution in [3.05, 3.63) is 29.8 Å². The molecule has 0 aromatic heterocycles. The van der Waals surface area contributed by atoms with E-state index in [0.717, 1.165) is 11.3 Å². The van der Waals surface area contributed by atoms with E-state index < -0.39 is 6.04 Å². The number of carbonyl (C=O) groups is 3. The molecule has 1 aliphatic heterocycles. The molecule has 0 saturated heterocycles. The Balaban J connectivity index is 2.13. The number of ketones is 1. The fraction of sp³-hybridized carbons (Fsp3) is 0.550. The quantitative estimate of drug-likeness (QED) is 0.755. The summed E-state index contributed by atoms with van der Waals surface area (Å²) in [6.45, 7) is 8.20. The number of nitrogens with zero attached hydrogens (tertiary/aromatic N) is 1. The van der Waals surface area contributed by atoms with Gasteiger partial charge in [0.2, 0.25) is 5.91 Å². The van der Waals surface area contributed by atoms with Crippen molar-refractivity contribution in [3.8, 4) is 0 Å². The van der Waals surface area contributed by atoms with E-state index in [0.29, 0.717) is 19.6 Å². The minimum Gasteiger partial charge on any atom is -0.466 e. The van der Waals surface area contributed by atoms with E-state index in [1.807, 2.05) is 43.0 Å². The molecule has 1 N–H and O–H groups in total. The highest BCUT2D eigenvalue weighted by Gasteiger charge is 2.32. The lowest BCUT2D eigenvalue weighted by molar-refractivity contribution is -0.145. The zero-order chi connectivity index (χ0) is 19.3. The minimum atomic E-state index is -0.477. The summed E-state index contributed by atoms with van der Waals surface area (Å²) in [6.07, 6.45) is 0.601. The molecule has 0 saturated carbocycles. The molecule has 0 unspecified atom stereocenters. The lowest BCUT2D eigenvalue weighted by atomic mass is 9.90. The molecule has 1 aromatic carbocycles. The van der Waals surface area contributed by atoms with Crippen molar-refractivity contribution in [2.75, 3.05) is 24.6 Å². The van der Waals surface area contributed by atoms with Gasteiger partial charge in [-0.1, -0.05) is 32.0 Å². The van der Waals surface area contributed by atoms with Crippen LogP contribution in [0.5, 0.6) is 0 Å². The standard InChI is InChI=1S/C20H28N2O4/c1-5-26-20(25)16-10-11-22(17-9-7-6-8-15(16)17)12-18(24)21-19(13(2)3)14(4)23/h6-9,13,16,19H,5,10-12H2,1-4H3,(H,21,24)/t16-,19+/m1/s1. The van der Waals surface area contributed by atoms with Crippen molar-refractivity contribution in [2.24, 2.45) is 5.92 Å². The van der Waals surface area contributed by atoms with E-state index in [9.17, 15) is 14.4 Å². The van der Waals surface area contributed by atoms with Gasteiger partial charge >= 0.3 is 5.97 Å². The average Bonchev–Trinajstić information content (AvgIpc) is 2.59. The Kier molecular flexibility index (Phi) is 6.77. The largest absolute Gasteiger partial charge is 0.466 e. The first kappa shape index (κ1) is 19.9. The second-order valence-corrected chi connectivity index (χ2v) is 6.97. The fourth-order valence-electron chi connectivity index (χ4n) is 3.41. The smallest absolute Gasteiger partial charge is 0.313 e. The first-order valence-corrected chi connectivity index (χ1v) is 9.15. The summed E-state index contributed by atoms with van der Waals surface area (Å²) in [6, 6.07) is 7.13. The Hall–Kier alpha value is -2.37. The van der Waals surface area contributed by atoms with E-state index in [1.165, 1.54) is 6.92 Å². The van der Waals surface area contributed by atoms with Crippen LogP contribution in [0, 0.1) is 5.92 Å². The number of rotatable bonds is 7. The van der Waals surface area contributed by atoms with Crippen molar-refractivity contribution in [3.63, 3.8) is 0 Å². The number of Topliss-reactive ketones (excluding diaryl/α,β-unsaturated/α-hetero) is 1. The summed E-state index contributed by atoms with van der Waals surface area (Å²) in [7, 11) is 0. The number of para-hydroxylation sites is 1.